The van der Waals surface area contributed by atoms with Gasteiger partial charge in [-0.05, 0) is 133 Å². The highest BCUT2D eigenvalue weighted by atomic mass is 15.0. The van der Waals surface area contributed by atoms with Crippen LogP contribution in [-0.4, -0.2) is 19.5 Å². The largest absolute Gasteiger partial charge is 0.309 e. The molecule has 0 amide bonds. The first-order valence-electron chi connectivity index (χ1n) is 22.8. The maximum Gasteiger partial charge on any atom is 0.164 e. The third-order valence-corrected chi connectivity index (χ3v) is 14.1. The summed E-state index contributed by atoms with van der Waals surface area (Å²) >= 11 is 0. The number of para-hydroxylation sites is 1. The lowest BCUT2D eigenvalue weighted by molar-refractivity contribution is 0.332. The highest BCUT2D eigenvalue weighted by Gasteiger charge is 2.38. The lowest BCUT2D eigenvalue weighted by atomic mass is 9.63. The van der Waals surface area contributed by atoms with Crippen molar-refractivity contribution < 1.29 is 0 Å². The summed E-state index contributed by atoms with van der Waals surface area (Å²) in [6, 6.07) is 70.0. The summed E-state index contributed by atoms with van der Waals surface area (Å²) in [5.41, 5.74) is 14.1. The summed E-state index contributed by atoms with van der Waals surface area (Å²) in [5.74, 6) is 1.90. The molecule has 2 aromatic heterocycles. The van der Waals surface area contributed by atoms with Crippen LogP contribution in [-0.2, 0) is 10.8 Å². The van der Waals surface area contributed by atoms with Crippen molar-refractivity contribution in [3.05, 3.63) is 205 Å². The van der Waals surface area contributed by atoms with Crippen LogP contribution < -0.4 is 0 Å². The number of hydrogen-bond acceptors (Lipinski definition) is 3. The Balaban J connectivity index is 1.06. The number of hydrogen-bond donors (Lipinski definition) is 0. The standard InChI is InChI=1S/C61H48N4/c1-60(2)30-31-61(3,4)54-38-56-52(37-53(54)60)50-23-13-14-25-55(50)65(56)48-29-28-41-26-27-43(32-46(41)36-48)57-62-58(64-59(63-57)51-24-15-21-42-20-11-12-22-49(42)51)47-34-44(39-16-7-5-8-17-39)33-45(35-47)40-18-9-6-10-19-40/h5-29,32-38H,30-31H2,1-4H3. The fourth-order valence-corrected chi connectivity index (χ4v) is 10.3. The van der Waals surface area contributed by atoms with Crippen molar-refractivity contribution in [1.82, 2.24) is 19.5 Å². The zero-order chi connectivity index (χ0) is 43.9. The van der Waals surface area contributed by atoms with Gasteiger partial charge in [-0.25, -0.2) is 15.0 Å². The second-order valence-corrected chi connectivity index (χ2v) is 19.1. The Kier molecular flexibility index (Phi) is 8.96. The minimum Gasteiger partial charge on any atom is -0.309 e. The van der Waals surface area contributed by atoms with Crippen molar-refractivity contribution >= 4 is 43.4 Å². The Hall–Kier alpha value is -7.69. The zero-order valence-corrected chi connectivity index (χ0v) is 37.2. The Morgan fingerprint density at radius 3 is 1.65 bits per heavy atom. The van der Waals surface area contributed by atoms with Gasteiger partial charge < -0.3 is 4.57 Å². The number of rotatable bonds is 6. The first kappa shape index (κ1) is 38.9. The Morgan fingerprint density at radius 2 is 0.923 bits per heavy atom. The third kappa shape index (κ3) is 6.71. The van der Waals surface area contributed by atoms with E-state index < -0.39 is 0 Å². The Labute approximate surface area is 379 Å². The van der Waals surface area contributed by atoms with Crippen molar-refractivity contribution in [2.24, 2.45) is 0 Å². The maximum atomic E-state index is 5.35. The minimum absolute atomic E-state index is 0.0961. The predicted octanol–water partition coefficient (Wildman–Crippen LogP) is 16.0. The molecule has 0 spiro atoms. The van der Waals surface area contributed by atoms with Gasteiger partial charge in [0.1, 0.15) is 0 Å². The molecule has 12 rings (SSSR count). The van der Waals surface area contributed by atoms with E-state index in [2.05, 4.69) is 226 Å². The molecule has 9 aromatic carbocycles. The molecular formula is C61H48N4. The zero-order valence-electron chi connectivity index (χ0n) is 37.2. The molecule has 312 valence electrons. The van der Waals surface area contributed by atoms with Crippen molar-refractivity contribution in [3.8, 4) is 62.1 Å². The van der Waals surface area contributed by atoms with Gasteiger partial charge >= 0.3 is 0 Å². The van der Waals surface area contributed by atoms with Gasteiger partial charge in [-0.2, -0.15) is 0 Å². The topological polar surface area (TPSA) is 43.6 Å². The molecular weight excluding hydrogens is 789 g/mol. The van der Waals surface area contributed by atoms with Crippen molar-refractivity contribution in [3.63, 3.8) is 0 Å². The number of aromatic nitrogens is 4. The van der Waals surface area contributed by atoms with E-state index in [1.54, 1.807) is 0 Å². The molecule has 0 radical (unpaired) electrons. The van der Waals surface area contributed by atoms with E-state index in [1.165, 1.54) is 45.8 Å². The van der Waals surface area contributed by atoms with Crippen molar-refractivity contribution in [2.45, 2.75) is 51.4 Å². The van der Waals surface area contributed by atoms with E-state index in [0.29, 0.717) is 17.5 Å². The number of nitrogens with zero attached hydrogens (tertiary/aromatic N) is 4. The van der Waals surface area contributed by atoms with Gasteiger partial charge in [0.25, 0.3) is 0 Å². The van der Waals surface area contributed by atoms with E-state index >= 15 is 0 Å². The molecule has 0 bridgehead atoms. The van der Waals surface area contributed by atoms with Crippen LogP contribution >= 0.6 is 0 Å². The molecule has 4 nitrogen and oxygen atoms in total. The summed E-state index contributed by atoms with van der Waals surface area (Å²) < 4.78 is 2.47. The monoisotopic (exact) mass is 836 g/mol. The van der Waals surface area contributed by atoms with Crippen LogP contribution in [0.4, 0.5) is 0 Å². The third-order valence-electron chi connectivity index (χ3n) is 14.1. The van der Waals surface area contributed by atoms with Gasteiger partial charge in [-0.15, -0.1) is 0 Å². The van der Waals surface area contributed by atoms with E-state index in [9.17, 15) is 0 Å². The van der Waals surface area contributed by atoms with Crippen LogP contribution in [0.1, 0.15) is 51.7 Å². The molecule has 1 aliphatic rings. The van der Waals surface area contributed by atoms with E-state index in [-0.39, 0.29) is 10.8 Å². The van der Waals surface area contributed by atoms with E-state index in [0.717, 1.165) is 66.2 Å². The average Bonchev–Trinajstić information content (AvgIpc) is 3.68. The fraction of sp³-hybridized carbons (Fsp3) is 0.131. The van der Waals surface area contributed by atoms with Crippen LogP contribution in [0.5, 0.6) is 0 Å². The van der Waals surface area contributed by atoms with Crippen molar-refractivity contribution in [1.29, 1.82) is 0 Å². The van der Waals surface area contributed by atoms with Crippen LogP contribution in [0.25, 0.3) is 105 Å². The Morgan fingerprint density at radius 1 is 0.354 bits per heavy atom. The van der Waals surface area contributed by atoms with E-state index in [4.69, 9.17) is 15.0 Å². The first-order chi connectivity index (χ1) is 31.7. The molecule has 0 saturated carbocycles. The van der Waals surface area contributed by atoms with Gasteiger partial charge in [0.15, 0.2) is 17.5 Å². The molecule has 0 fully saturated rings. The van der Waals surface area contributed by atoms with E-state index in [1.807, 2.05) is 0 Å². The van der Waals surface area contributed by atoms with Crippen LogP contribution in [0, 0.1) is 0 Å². The van der Waals surface area contributed by atoms with Crippen LogP contribution in [0.2, 0.25) is 0 Å². The Bertz CT molecular complexity index is 3590. The molecule has 0 unspecified atom stereocenters. The molecule has 4 heteroatoms. The minimum atomic E-state index is 0.0961. The summed E-state index contributed by atoms with van der Waals surface area (Å²) in [5, 5.41) is 7.11. The number of benzene rings is 9. The molecule has 1 aliphatic carbocycles. The van der Waals surface area contributed by atoms with Gasteiger partial charge in [-0.3, -0.25) is 0 Å². The maximum absolute atomic E-state index is 5.35. The van der Waals surface area contributed by atoms with Gasteiger partial charge in [0, 0.05) is 33.2 Å². The second-order valence-electron chi connectivity index (χ2n) is 19.1. The van der Waals surface area contributed by atoms with Gasteiger partial charge in [0.05, 0.1) is 11.0 Å². The highest BCUT2D eigenvalue weighted by molar-refractivity contribution is 6.10. The number of fused-ring (bicyclic) bond motifs is 6. The second kappa shape index (κ2) is 15.0. The average molecular weight is 837 g/mol. The molecule has 0 atom stereocenters. The SMILES string of the molecule is CC1(C)CCC(C)(C)c2cc3c(cc21)c1ccccc1n3-c1ccc2ccc(-c3nc(-c4cc(-c5ccccc5)cc(-c5ccccc5)c4)nc(-c4cccc5ccccc45)n3)cc2c1. The molecule has 2 heterocycles. The lowest BCUT2D eigenvalue weighted by Gasteiger charge is -2.42. The highest BCUT2D eigenvalue weighted by Crippen LogP contribution is 2.49. The molecule has 0 saturated heterocycles. The van der Waals surface area contributed by atoms with Gasteiger partial charge in [0.2, 0.25) is 0 Å². The van der Waals surface area contributed by atoms with Crippen molar-refractivity contribution in [2.75, 3.05) is 0 Å². The summed E-state index contributed by atoms with van der Waals surface area (Å²) in [4.78, 5) is 16.0. The first-order valence-corrected chi connectivity index (χ1v) is 22.8. The fourth-order valence-electron chi connectivity index (χ4n) is 10.3. The van der Waals surface area contributed by atoms with Gasteiger partial charge in [-0.1, -0.05) is 167 Å². The summed E-state index contributed by atoms with van der Waals surface area (Å²) in [6.45, 7) is 9.66. The van der Waals surface area contributed by atoms with Crippen LogP contribution in [0.15, 0.2) is 194 Å². The molecule has 0 aliphatic heterocycles. The smallest absolute Gasteiger partial charge is 0.164 e. The quantitative estimate of drug-likeness (QED) is 0.168. The summed E-state index contributed by atoms with van der Waals surface area (Å²) in [6.07, 6.45) is 2.36. The normalized spacial score (nSPS) is 14.3. The summed E-state index contributed by atoms with van der Waals surface area (Å²) in [7, 11) is 0. The molecule has 65 heavy (non-hydrogen) atoms. The lowest BCUT2D eigenvalue weighted by Crippen LogP contribution is -2.33. The molecule has 0 N–H and O–H groups in total. The predicted molar refractivity (Wildman–Crippen MR) is 272 cm³/mol. The van der Waals surface area contributed by atoms with Crippen LogP contribution in [0.3, 0.4) is 0 Å². The molecule has 11 aromatic rings.